The van der Waals surface area contributed by atoms with Gasteiger partial charge in [0.05, 0.1) is 17.6 Å². The second kappa shape index (κ2) is 8.73. The van der Waals surface area contributed by atoms with Crippen molar-refractivity contribution in [3.63, 3.8) is 0 Å². The predicted molar refractivity (Wildman–Crippen MR) is 98.4 cm³/mol. The minimum absolute atomic E-state index is 0.0258. The van der Waals surface area contributed by atoms with Gasteiger partial charge in [-0.3, -0.25) is 4.79 Å². The van der Waals surface area contributed by atoms with E-state index < -0.39 is 0 Å². The van der Waals surface area contributed by atoms with Gasteiger partial charge < -0.3 is 14.8 Å². The van der Waals surface area contributed by atoms with Crippen LogP contribution in [0.4, 0.5) is 0 Å². The number of rotatable bonds is 7. The van der Waals surface area contributed by atoms with Gasteiger partial charge in [0.15, 0.2) is 6.61 Å². The predicted octanol–water partition coefficient (Wildman–Crippen LogP) is 4.35. The number of carbonyl (C=O) groups excluding carboxylic acids is 1. The molecule has 0 fully saturated rings. The zero-order chi connectivity index (χ0) is 17.5. The molecule has 0 saturated carbocycles. The van der Waals surface area contributed by atoms with Crippen LogP contribution in [0.5, 0.6) is 11.5 Å². The Balaban J connectivity index is 1.99. The normalized spacial score (nSPS) is 11.9. The van der Waals surface area contributed by atoms with Gasteiger partial charge in [-0.2, -0.15) is 0 Å². The number of nitrogens with one attached hydrogen (secondary N) is 1. The summed E-state index contributed by atoms with van der Waals surface area (Å²) in [6.45, 7) is 4.12. The van der Waals surface area contributed by atoms with Gasteiger partial charge in [-0.05, 0) is 51.7 Å². The summed E-state index contributed by atoms with van der Waals surface area (Å²) < 4.78 is 11.6. The molecule has 0 aliphatic rings. The number of amides is 1. The summed E-state index contributed by atoms with van der Waals surface area (Å²) in [7, 11) is 1.63. The van der Waals surface area contributed by atoms with Crippen LogP contribution in [0.15, 0.2) is 53.0 Å². The van der Waals surface area contributed by atoms with E-state index in [1.54, 1.807) is 7.11 Å². The van der Waals surface area contributed by atoms with Gasteiger partial charge in [0.25, 0.3) is 5.91 Å². The monoisotopic (exact) mass is 391 g/mol. The molecule has 2 aromatic carbocycles. The Hall–Kier alpha value is -2.01. The number of carbonyl (C=O) groups is 1. The lowest BCUT2D eigenvalue weighted by Crippen LogP contribution is -2.35. The van der Waals surface area contributed by atoms with Gasteiger partial charge in [-0.1, -0.05) is 38.1 Å². The third-order valence-electron chi connectivity index (χ3n) is 3.65. The van der Waals surface area contributed by atoms with Crippen molar-refractivity contribution >= 4 is 21.8 Å². The molecule has 0 aromatic heterocycles. The Bertz CT molecular complexity index is 671. The fraction of sp³-hybridized carbons (Fsp3) is 0.316. The molecular formula is C19H22BrNO3. The van der Waals surface area contributed by atoms with Crippen LogP contribution >= 0.6 is 15.9 Å². The lowest BCUT2D eigenvalue weighted by atomic mass is 9.96. The Morgan fingerprint density at radius 3 is 2.38 bits per heavy atom. The fourth-order valence-corrected chi connectivity index (χ4v) is 2.77. The number of halogens is 1. The molecule has 128 valence electrons. The second-order valence-corrected chi connectivity index (χ2v) is 6.64. The van der Waals surface area contributed by atoms with E-state index in [2.05, 4.69) is 35.1 Å². The molecule has 1 amide bonds. The van der Waals surface area contributed by atoms with E-state index in [0.717, 1.165) is 15.8 Å². The first-order chi connectivity index (χ1) is 11.5. The minimum atomic E-state index is -0.153. The molecule has 0 aliphatic carbocycles. The molecule has 0 spiro atoms. The first-order valence-electron chi connectivity index (χ1n) is 7.82. The van der Waals surface area contributed by atoms with E-state index in [4.69, 9.17) is 9.47 Å². The van der Waals surface area contributed by atoms with Crippen molar-refractivity contribution in [1.29, 1.82) is 0 Å². The zero-order valence-electron chi connectivity index (χ0n) is 14.1. The van der Waals surface area contributed by atoms with E-state index >= 15 is 0 Å². The van der Waals surface area contributed by atoms with Crippen LogP contribution in [0.2, 0.25) is 0 Å². The summed E-state index contributed by atoms with van der Waals surface area (Å²) in [4.78, 5) is 12.3. The minimum Gasteiger partial charge on any atom is -0.497 e. The molecule has 2 rings (SSSR count). The number of hydrogen-bond donors (Lipinski definition) is 1. The zero-order valence-corrected chi connectivity index (χ0v) is 15.7. The van der Waals surface area contributed by atoms with Crippen LogP contribution in [0.1, 0.15) is 25.5 Å². The molecular weight excluding hydrogens is 370 g/mol. The number of benzene rings is 2. The van der Waals surface area contributed by atoms with Crippen LogP contribution < -0.4 is 14.8 Å². The molecule has 0 radical (unpaired) electrons. The highest BCUT2D eigenvalue weighted by molar-refractivity contribution is 9.10. The van der Waals surface area contributed by atoms with Crippen LogP contribution in [0.3, 0.4) is 0 Å². The maximum atomic E-state index is 12.3. The molecule has 0 heterocycles. The topological polar surface area (TPSA) is 47.6 Å². The van der Waals surface area contributed by atoms with Crippen LogP contribution in [-0.2, 0) is 4.79 Å². The number of hydrogen-bond acceptors (Lipinski definition) is 3. The number of ether oxygens (including phenoxy) is 2. The van der Waals surface area contributed by atoms with Crippen molar-refractivity contribution in [1.82, 2.24) is 5.32 Å². The van der Waals surface area contributed by atoms with E-state index in [-0.39, 0.29) is 24.5 Å². The quantitative estimate of drug-likeness (QED) is 0.762. The van der Waals surface area contributed by atoms with Gasteiger partial charge in [-0.25, -0.2) is 0 Å². The van der Waals surface area contributed by atoms with E-state index in [9.17, 15) is 4.79 Å². The molecule has 0 aliphatic heterocycles. The Morgan fingerprint density at radius 2 is 1.79 bits per heavy atom. The van der Waals surface area contributed by atoms with Crippen LogP contribution in [-0.4, -0.2) is 19.6 Å². The van der Waals surface area contributed by atoms with Crippen molar-refractivity contribution in [3.8, 4) is 11.5 Å². The molecule has 4 nitrogen and oxygen atoms in total. The maximum Gasteiger partial charge on any atom is 0.258 e. The van der Waals surface area contributed by atoms with Crippen molar-refractivity contribution in [2.24, 2.45) is 5.92 Å². The van der Waals surface area contributed by atoms with Crippen molar-refractivity contribution < 1.29 is 14.3 Å². The van der Waals surface area contributed by atoms with E-state index in [1.807, 2.05) is 48.5 Å². The van der Waals surface area contributed by atoms with Gasteiger partial charge in [0.1, 0.15) is 11.5 Å². The first-order valence-corrected chi connectivity index (χ1v) is 8.61. The molecule has 2 aromatic rings. The van der Waals surface area contributed by atoms with Crippen molar-refractivity contribution in [2.75, 3.05) is 13.7 Å². The molecule has 1 N–H and O–H groups in total. The number of methoxy groups -OCH3 is 1. The standard InChI is InChI=1S/C19H22BrNO3/c1-13(2)19(14-8-10-15(23-3)11-9-14)21-18(22)12-24-17-7-5-4-6-16(17)20/h4-11,13,19H,12H2,1-3H3,(H,21,22). The lowest BCUT2D eigenvalue weighted by Gasteiger charge is -2.23. The second-order valence-electron chi connectivity index (χ2n) is 5.78. The lowest BCUT2D eigenvalue weighted by molar-refractivity contribution is -0.124. The molecule has 24 heavy (non-hydrogen) atoms. The van der Waals surface area contributed by atoms with E-state index in [1.165, 1.54) is 0 Å². The summed E-state index contributed by atoms with van der Waals surface area (Å²) >= 11 is 3.40. The molecule has 0 bridgehead atoms. The summed E-state index contributed by atoms with van der Waals surface area (Å²) in [5, 5.41) is 3.04. The van der Waals surface area contributed by atoms with Gasteiger partial charge >= 0.3 is 0 Å². The highest BCUT2D eigenvalue weighted by atomic mass is 79.9. The fourth-order valence-electron chi connectivity index (χ4n) is 2.37. The largest absolute Gasteiger partial charge is 0.497 e. The Labute approximate surface area is 151 Å². The SMILES string of the molecule is COc1ccc(C(NC(=O)COc2ccccc2Br)C(C)C)cc1. The molecule has 1 atom stereocenters. The van der Waals surface area contributed by atoms with Gasteiger partial charge in [-0.15, -0.1) is 0 Å². The first kappa shape index (κ1) is 18.3. The third-order valence-corrected chi connectivity index (χ3v) is 4.31. The Kier molecular flexibility index (Phi) is 6.67. The third kappa shape index (κ3) is 4.99. The van der Waals surface area contributed by atoms with Crippen LogP contribution in [0.25, 0.3) is 0 Å². The molecule has 1 unspecified atom stereocenters. The van der Waals surface area contributed by atoms with E-state index in [0.29, 0.717) is 5.75 Å². The molecule has 0 saturated heterocycles. The summed E-state index contributed by atoms with van der Waals surface area (Å²) in [5.74, 6) is 1.55. The average molecular weight is 392 g/mol. The highest BCUT2D eigenvalue weighted by Crippen LogP contribution is 2.25. The molecule has 5 heteroatoms. The van der Waals surface area contributed by atoms with Crippen molar-refractivity contribution in [3.05, 3.63) is 58.6 Å². The highest BCUT2D eigenvalue weighted by Gasteiger charge is 2.18. The smallest absolute Gasteiger partial charge is 0.258 e. The van der Waals surface area contributed by atoms with Gasteiger partial charge in [0, 0.05) is 0 Å². The van der Waals surface area contributed by atoms with Gasteiger partial charge in [0.2, 0.25) is 0 Å². The number of para-hydroxylation sites is 1. The summed E-state index contributed by atoms with van der Waals surface area (Å²) in [5.41, 5.74) is 1.04. The average Bonchev–Trinajstić information content (AvgIpc) is 2.59. The summed E-state index contributed by atoms with van der Waals surface area (Å²) in [6.07, 6.45) is 0. The van der Waals surface area contributed by atoms with Crippen LogP contribution in [0, 0.1) is 5.92 Å². The van der Waals surface area contributed by atoms with Crippen molar-refractivity contribution in [2.45, 2.75) is 19.9 Å². The Morgan fingerprint density at radius 1 is 1.12 bits per heavy atom. The maximum absolute atomic E-state index is 12.3. The summed E-state index contributed by atoms with van der Waals surface area (Å²) in [6, 6.07) is 15.1.